The fraction of sp³-hybridized carbons (Fsp3) is 0.348. The molecule has 1 fully saturated rings. The lowest BCUT2D eigenvalue weighted by Gasteiger charge is -2.26. The molecule has 6 heteroatoms. The number of rotatable bonds is 4. The average molecular weight is 431 g/mol. The molecule has 0 spiro atoms. The summed E-state index contributed by atoms with van der Waals surface area (Å²) in [6, 6.07) is 17.3. The molecule has 0 N–H and O–H groups in total. The molecule has 1 aliphatic heterocycles. The van der Waals surface area contributed by atoms with Crippen LogP contribution in [-0.4, -0.2) is 38.5 Å². The molecule has 0 saturated carbocycles. The molecular weight excluding hydrogens is 403 g/mol. The third-order valence-corrected chi connectivity index (χ3v) is 5.80. The van der Waals surface area contributed by atoms with Crippen molar-refractivity contribution in [1.29, 1.82) is 0 Å². The van der Waals surface area contributed by atoms with Crippen molar-refractivity contribution in [1.82, 2.24) is 18.9 Å². The molecule has 2 aromatic heterocycles. The third-order valence-electron chi connectivity index (χ3n) is 5.80. The number of piperidine rings is 1. The predicted octanol–water partition coefficient (Wildman–Crippen LogP) is 5.59. The monoisotopic (exact) mass is 430 g/mol. The minimum Gasteiger partial charge on any atom is -0.308 e. The molecule has 1 saturated heterocycles. The summed E-state index contributed by atoms with van der Waals surface area (Å²) in [6.45, 7) is 6.68. The molecule has 0 amide bonds. The number of aromatic nitrogens is 3. The highest BCUT2D eigenvalue weighted by Crippen LogP contribution is 2.26. The van der Waals surface area contributed by atoms with Crippen LogP contribution in [0.4, 0.5) is 0 Å². The van der Waals surface area contributed by atoms with Crippen LogP contribution in [0.25, 0.3) is 28.1 Å². The van der Waals surface area contributed by atoms with E-state index in [1.807, 2.05) is 0 Å². The van der Waals surface area contributed by atoms with Gasteiger partial charge in [0.25, 0.3) is 0 Å². The molecule has 3 heterocycles. The van der Waals surface area contributed by atoms with Gasteiger partial charge in [-0.1, -0.05) is 48.4 Å². The first-order valence-electron chi connectivity index (χ1n) is 10.1. The van der Waals surface area contributed by atoms with Crippen molar-refractivity contribution in [2.24, 2.45) is 0 Å². The van der Waals surface area contributed by atoms with Crippen molar-refractivity contribution in [3.63, 3.8) is 0 Å². The largest absolute Gasteiger partial charge is 0.308 e. The molecule has 0 aliphatic carbocycles. The van der Waals surface area contributed by atoms with Gasteiger partial charge in [0.1, 0.15) is 0 Å². The molecule has 154 valence electrons. The standard InChI is InChI=1S/C23H26N4.2ClH/c1-18-9-11-19(12-10-18)20-17-27-22-8-4-3-7-21(22)26(23(27)24-20)16-15-25-13-5-2-6-14-25;;/h3-4,7-12,17H,2,5-6,13-16H2,1H3;2*1H. The van der Waals surface area contributed by atoms with Crippen LogP contribution in [0.3, 0.4) is 0 Å². The lowest BCUT2D eigenvalue weighted by Crippen LogP contribution is -2.32. The smallest absolute Gasteiger partial charge is 0.215 e. The average Bonchev–Trinajstić information content (AvgIpc) is 3.26. The molecule has 1 aliphatic rings. The Morgan fingerprint density at radius 1 is 0.828 bits per heavy atom. The van der Waals surface area contributed by atoms with Crippen LogP contribution < -0.4 is 0 Å². The maximum absolute atomic E-state index is 5.02. The molecule has 2 aromatic carbocycles. The van der Waals surface area contributed by atoms with Crippen LogP contribution in [-0.2, 0) is 6.54 Å². The topological polar surface area (TPSA) is 25.5 Å². The summed E-state index contributed by atoms with van der Waals surface area (Å²) in [5, 5.41) is 0. The Balaban J connectivity index is 0.00000120. The number of halogens is 2. The Kier molecular flexibility index (Phi) is 6.89. The summed E-state index contributed by atoms with van der Waals surface area (Å²) in [4.78, 5) is 7.62. The van der Waals surface area contributed by atoms with E-state index in [9.17, 15) is 0 Å². The normalized spacial score (nSPS) is 14.7. The van der Waals surface area contributed by atoms with E-state index >= 15 is 0 Å². The van der Waals surface area contributed by atoms with Gasteiger partial charge in [0.2, 0.25) is 5.78 Å². The number of hydrogen-bond acceptors (Lipinski definition) is 2. The summed E-state index contributed by atoms with van der Waals surface area (Å²) in [6.07, 6.45) is 6.23. The zero-order valence-corrected chi connectivity index (χ0v) is 18.4. The first kappa shape index (κ1) is 21.7. The van der Waals surface area contributed by atoms with Crippen molar-refractivity contribution in [2.45, 2.75) is 32.7 Å². The highest BCUT2D eigenvalue weighted by molar-refractivity contribution is 5.85. The van der Waals surface area contributed by atoms with E-state index in [-0.39, 0.29) is 24.8 Å². The van der Waals surface area contributed by atoms with E-state index in [4.69, 9.17) is 4.98 Å². The minimum absolute atomic E-state index is 0. The molecule has 0 radical (unpaired) electrons. The van der Waals surface area contributed by atoms with Gasteiger partial charge in [0.05, 0.1) is 16.7 Å². The number of likely N-dealkylation sites (tertiary alicyclic amines) is 1. The van der Waals surface area contributed by atoms with Crippen LogP contribution in [0.2, 0.25) is 0 Å². The van der Waals surface area contributed by atoms with Crippen LogP contribution in [0.15, 0.2) is 54.7 Å². The molecule has 0 bridgehead atoms. The van der Waals surface area contributed by atoms with Gasteiger partial charge in [-0.05, 0) is 45.0 Å². The summed E-state index contributed by atoms with van der Waals surface area (Å²) in [5.74, 6) is 1.05. The van der Waals surface area contributed by atoms with E-state index < -0.39 is 0 Å². The Morgan fingerprint density at radius 2 is 1.52 bits per heavy atom. The Morgan fingerprint density at radius 3 is 2.24 bits per heavy atom. The van der Waals surface area contributed by atoms with Gasteiger partial charge in [0, 0.05) is 24.8 Å². The van der Waals surface area contributed by atoms with Crippen molar-refractivity contribution < 1.29 is 0 Å². The molecule has 29 heavy (non-hydrogen) atoms. The zero-order chi connectivity index (χ0) is 18.2. The maximum atomic E-state index is 5.02. The van der Waals surface area contributed by atoms with Crippen molar-refractivity contribution >= 4 is 41.6 Å². The highest BCUT2D eigenvalue weighted by Gasteiger charge is 2.16. The lowest BCUT2D eigenvalue weighted by molar-refractivity contribution is 0.222. The maximum Gasteiger partial charge on any atom is 0.215 e. The van der Waals surface area contributed by atoms with Gasteiger partial charge in [-0.25, -0.2) is 4.98 Å². The van der Waals surface area contributed by atoms with Crippen LogP contribution >= 0.6 is 24.8 Å². The van der Waals surface area contributed by atoms with E-state index in [2.05, 4.69) is 75.5 Å². The zero-order valence-electron chi connectivity index (χ0n) is 16.8. The summed E-state index contributed by atoms with van der Waals surface area (Å²) >= 11 is 0. The quantitative estimate of drug-likeness (QED) is 0.421. The highest BCUT2D eigenvalue weighted by atomic mass is 35.5. The molecule has 5 rings (SSSR count). The van der Waals surface area contributed by atoms with Gasteiger partial charge in [-0.3, -0.25) is 4.40 Å². The minimum atomic E-state index is 0. The van der Waals surface area contributed by atoms with Gasteiger partial charge >= 0.3 is 0 Å². The molecule has 4 aromatic rings. The van der Waals surface area contributed by atoms with E-state index in [1.54, 1.807) is 0 Å². The molecule has 4 nitrogen and oxygen atoms in total. The third kappa shape index (κ3) is 4.16. The van der Waals surface area contributed by atoms with E-state index in [1.165, 1.54) is 54.5 Å². The fourth-order valence-corrected chi connectivity index (χ4v) is 4.25. The summed E-state index contributed by atoms with van der Waals surface area (Å²) in [7, 11) is 0. The number of benzene rings is 2. The van der Waals surface area contributed by atoms with Crippen LogP contribution in [0, 0.1) is 6.92 Å². The number of hydrogen-bond donors (Lipinski definition) is 0. The lowest BCUT2D eigenvalue weighted by atomic mass is 10.1. The number of fused-ring (bicyclic) bond motifs is 3. The van der Waals surface area contributed by atoms with Crippen molar-refractivity contribution in [3.8, 4) is 11.3 Å². The Labute approximate surface area is 184 Å². The second-order valence-electron chi connectivity index (χ2n) is 7.70. The number of nitrogens with zero attached hydrogens (tertiary/aromatic N) is 4. The molecule has 0 unspecified atom stereocenters. The number of para-hydroxylation sites is 2. The fourth-order valence-electron chi connectivity index (χ4n) is 4.25. The van der Waals surface area contributed by atoms with Crippen LogP contribution in [0.1, 0.15) is 24.8 Å². The van der Waals surface area contributed by atoms with Crippen LogP contribution in [0.5, 0.6) is 0 Å². The first-order valence-corrected chi connectivity index (χ1v) is 10.1. The summed E-state index contributed by atoms with van der Waals surface area (Å²) in [5.41, 5.74) is 6.00. The predicted molar refractivity (Wildman–Crippen MR) is 126 cm³/mol. The molecular formula is C23H28Cl2N4. The van der Waals surface area contributed by atoms with Gasteiger partial charge in [0.15, 0.2) is 0 Å². The summed E-state index contributed by atoms with van der Waals surface area (Å²) < 4.78 is 4.64. The number of imidazole rings is 2. The Hall–Kier alpha value is -2.01. The van der Waals surface area contributed by atoms with Crippen molar-refractivity contribution in [3.05, 3.63) is 60.3 Å². The number of aryl methyl sites for hydroxylation is 1. The first-order chi connectivity index (χ1) is 13.3. The van der Waals surface area contributed by atoms with E-state index in [0.717, 1.165) is 24.6 Å². The van der Waals surface area contributed by atoms with Crippen molar-refractivity contribution in [2.75, 3.05) is 19.6 Å². The Bertz CT molecular complexity index is 1080. The van der Waals surface area contributed by atoms with Gasteiger partial charge in [-0.15, -0.1) is 24.8 Å². The SMILES string of the molecule is Cc1ccc(-c2cn3c4ccccc4n(CCN4CCCCC4)c3n2)cc1.Cl.Cl. The molecule has 0 atom stereocenters. The van der Waals surface area contributed by atoms with E-state index in [0.29, 0.717) is 0 Å². The van der Waals surface area contributed by atoms with Gasteiger partial charge in [-0.2, -0.15) is 0 Å². The van der Waals surface area contributed by atoms with Gasteiger partial charge < -0.3 is 9.47 Å². The second-order valence-corrected chi connectivity index (χ2v) is 7.70. The second kappa shape index (κ2) is 9.21.